The van der Waals surface area contributed by atoms with Crippen molar-refractivity contribution in [3.05, 3.63) is 45.6 Å². The molecule has 0 radical (unpaired) electrons. The summed E-state index contributed by atoms with van der Waals surface area (Å²) in [6.45, 7) is 0. The number of amides is 1. The summed E-state index contributed by atoms with van der Waals surface area (Å²) in [5, 5.41) is 4.33. The van der Waals surface area contributed by atoms with Crippen LogP contribution < -0.4 is 10.1 Å². The van der Waals surface area contributed by atoms with Gasteiger partial charge in [-0.1, -0.05) is 0 Å². The van der Waals surface area contributed by atoms with Crippen LogP contribution in [0.3, 0.4) is 0 Å². The fourth-order valence-electron chi connectivity index (χ4n) is 1.68. The van der Waals surface area contributed by atoms with E-state index in [2.05, 4.69) is 5.32 Å². The van der Waals surface area contributed by atoms with Crippen LogP contribution in [0.2, 0.25) is 0 Å². The number of anilines is 1. The van der Waals surface area contributed by atoms with E-state index in [1.165, 1.54) is 24.5 Å². The van der Waals surface area contributed by atoms with E-state index < -0.39 is 5.91 Å². The molecule has 5 nitrogen and oxygen atoms in total. The van der Waals surface area contributed by atoms with E-state index in [4.69, 9.17) is 4.74 Å². The van der Waals surface area contributed by atoms with Crippen LogP contribution in [0, 0.1) is 0 Å². The van der Waals surface area contributed by atoms with Crippen LogP contribution in [0.15, 0.2) is 29.6 Å². The molecule has 0 aliphatic carbocycles. The van der Waals surface area contributed by atoms with Crippen LogP contribution in [0.1, 0.15) is 30.4 Å². The molecule has 20 heavy (non-hydrogen) atoms. The summed E-state index contributed by atoms with van der Waals surface area (Å²) in [7, 11) is 1.44. The molecule has 1 aromatic carbocycles. The molecule has 2 aromatic rings. The molecule has 1 heterocycles. The molecular weight excluding hydrogens is 278 g/mol. The maximum atomic E-state index is 12.2. The minimum atomic E-state index is -0.438. The molecule has 0 spiro atoms. The quantitative estimate of drug-likeness (QED) is 0.859. The Morgan fingerprint density at radius 3 is 2.70 bits per heavy atom. The SMILES string of the molecule is COc1ccc(C=O)cc1C(=O)Nc1ccsc1C=O. The highest BCUT2D eigenvalue weighted by atomic mass is 32.1. The van der Waals surface area contributed by atoms with Gasteiger partial charge in [-0.25, -0.2) is 0 Å². The third kappa shape index (κ3) is 2.75. The monoisotopic (exact) mass is 289 g/mol. The number of thiophene rings is 1. The first-order valence-corrected chi connectivity index (χ1v) is 6.54. The van der Waals surface area contributed by atoms with E-state index in [0.29, 0.717) is 34.4 Å². The zero-order chi connectivity index (χ0) is 14.5. The Labute approximate surface area is 119 Å². The summed E-state index contributed by atoms with van der Waals surface area (Å²) in [6, 6.07) is 6.19. The fourth-order valence-corrected chi connectivity index (χ4v) is 2.33. The first-order valence-electron chi connectivity index (χ1n) is 5.67. The summed E-state index contributed by atoms with van der Waals surface area (Å²) < 4.78 is 5.10. The minimum absolute atomic E-state index is 0.236. The number of nitrogens with one attached hydrogen (secondary N) is 1. The summed E-state index contributed by atoms with van der Waals surface area (Å²) in [5.74, 6) is -0.0805. The number of benzene rings is 1. The fraction of sp³-hybridized carbons (Fsp3) is 0.0714. The molecule has 0 saturated heterocycles. The predicted molar refractivity (Wildman–Crippen MR) is 76.0 cm³/mol. The standard InChI is InChI=1S/C14H11NO4S/c1-19-12-3-2-9(7-16)6-10(12)14(18)15-11-4-5-20-13(11)8-17/h2-8H,1H3,(H,15,18). The van der Waals surface area contributed by atoms with Crippen molar-refractivity contribution in [1.29, 1.82) is 0 Å². The number of hydrogen-bond donors (Lipinski definition) is 1. The number of carbonyl (C=O) groups excluding carboxylic acids is 3. The van der Waals surface area contributed by atoms with Crippen molar-refractivity contribution in [2.45, 2.75) is 0 Å². The smallest absolute Gasteiger partial charge is 0.259 e. The molecule has 0 fully saturated rings. The zero-order valence-electron chi connectivity index (χ0n) is 10.6. The third-order valence-corrected chi connectivity index (χ3v) is 3.50. The summed E-state index contributed by atoms with van der Waals surface area (Å²) in [4.78, 5) is 34.2. The molecule has 0 unspecified atom stereocenters. The first-order chi connectivity index (χ1) is 9.69. The van der Waals surface area contributed by atoms with Gasteiger partial charge in [-0.15, -0.1) is 11.3 Å². The Bertz CT molecular complexity index is 663. The Kier molecular flexibility index (Phi) is 4.27. The highest BCUT2D eigenvalue weighted by Gasteiger charge is 2.15. The summed E-state index contributed by atoms with van der Waals surface area (Å²) >= 11 is 1.23. The number of ether oxygens (including phenoxy) is 1. The second-order valence-corrected chi connectivity index (χ2v) is 4.80. The highest BCUT2D eigenvalue weighted by Crippen LogP contribution is 2.24. The van der Waals surface area contributed by atoms with Crippen molar-refractivity contribution < 1.29 is 19.1 Å². The number of hydrogen-bond acceptors (Lipinski definition) is 5. The van der Waals surface area contributed by atoms with Crippen LogP contribution >= 0.6 is 11.3 Å². The molecular formula is C14H11NO4S. The number of carbonyl (C=O) groups is 3. The van der Waals surface area contributed by atoms with Crippen LogP contribution in [-0.2, 0) is 0 Å². The van der Waals surface area contributed by atoms with Gasteiger partial charge in [0.2, 0.25) is 0 Å². The number of methoxy groups -OCH3 is 1. The van der Waals surface area contributed by atoms with Gasteiger partial charge in [0.1, 0.15) is 12.0 Å². The van der Waals surface area contributed by atoms with Crippen molar-refractivity contribution >= 4 is 35.5 Å². The van der Waals surface area contributed by atoms with Crippen LogP contribution in [0.4, 0.5) is 5.69 Å². The summed E-state index contributed by atoms with van der Waals surface area (Å²) in [6.07, 6.45) is 1.33. The first kappa shape index (κ1) is 14.0. The largest absolute Gasteiger partial charge is 0.496 e. The molecule has 1 amide bonds. The second-order valence-electron chi connectivity index (χ2n) is 3.85. The molecule has 0 atom stereocenters. The molecule has 0 bridgehead atoms. The lowest BCUT2D eigenvalue weighted by atomic mass is 10.1. The van der Waals surface area contributed by atoms with Gasteiger partial charge in [0, 0.05) is 5.56 Å². The van der Waals surface area contributed by atoms with Gasteiger partial charge < -0.3 is 10.1 Å². The van der Waals surface area contributed by atoms with Gasteiger partial charge in [0.25, 0.3) is 5.91 Å². The normalized spacial score (nSPS) is 9.85. The van der Waals surface area contributed by atoms with Gasteiger partial charge >= 0.3 is 0 Å². The van der Waals surface area contributed by atoms with Crippen LogP contribution in [0.5, 0.6) is 5.75 Å². The Hall–Kier alpha value is -2.47. The van der Waals surface area contributed by atoms with Crippen LogP contribution in [0.25, 0.3) is 0 Å². The van der Waals surface area contributed by atoms with E-state index in [1.54, 1.807) is 23.6 Å². The molecule has 1 N–H and O–H groups in total. The van der Waals surface area contributed by atoms with E-state index in [0.717, 1.165) is 0 Å². The Balaban J connectivity index is 2.33. The molecule has 0 aliphatic rings. The lowest BCUT2D eigenvalue weighted by molar-refractivity contribution is 0.102. The van der Waals surface area contributed by atoms with Gasteiger partial charge in [-0.2, -0.15) is 0 Å². The van der Waals surface area contributed by atoms with Crippen molar-refractivity contribution in [3.63, 3.8) is 0 Å². The van der Waals surface area contributed by atoms with Gasteiger partial charge in [-0.3, -0.25) is 14.4 Å². The van der Waals surface area contributed by atoms with Crippen LogP contribution in [-0.4, -0.2) is 25.6 Å². The van der Waals surface area contributed by atoms with E-state index in [-0.39, 0.29) is 5.56 Å². The second kappa shape index (κ2) is 6.12. The summed E-state index contributed by atoms with van der Waals surface area (Å²) in [5.41, 5.74) is 1.05. The van der Waals surface area contributed by atoms with Gasteiger partial charge in [-0.05, 0) is 29.6 Å². The molecule has 2 rings (SSSR count). The molecule has 0 saturated carbocycles. The molecule has 102 valence electrons. The van der Waals surface area contributed by atoms with Crippen molar-refractivity contribution in [2.24, 2.45) is 0 Å². The van der Waals surface area contributed by atoms with Crippen molar-refractivity contribution in [1.82, 2.24) is 0 Å². The molecule has 1 aromatic heterocycles. The topological polar surface area (TPSA) is 72.5 Å². The lowest BCUT2D eigenvalue weighted by Crippen LogP contribution is -2.14. The van der Waals surface area contributed by atoms with E-state index >= 15 is 0 Å². The Morgan fingerprint density at radius 1 is 1.25 bits per heavy atom. The average molecular weight is 289 g/mol. The third-order valence-electron chi connectivity index (χ3n) is 2.65. The highest BCUT2D eigenvalue weighted by molar-refractivity contribution is 7.12. The molecule has 6 heteroatoms. The number of aldehydes is 2. The Morgan fingerprint density at radius 2 is 2.05 bits per heavy atom. The zero-order valence-corrected chi connectivity index (χ0v) is 11.4. The maximum absolute atomic E-state index is 12.2. The lowest BCUT2D eigenvalue weighted by Gasteiger charge is -2.09. The molecule has 0 aliphatic heterocycles. The maximum Gasteiger partial charge on any atom is 0.259 e. The average Bonchev–Trinajstić information content (AvgIpc) is 2.93. The van der Waals surface area contributed by atoms with Crippen molar-refractivity contribution in [2.75, 3.05) is 12.4 Å². The van der Waals surface area contributed by atoms with E-state index in [1.807, 2.05) is 0 Å². The minimum Gasteiger partial charge on any atom is -0.496 e. The predicted octanol–water partition coefficient (Wildman–Crippen LogP) is 2.63. The van der Waals surface area contributed by atoms with Crippen molar-refractivity contribution in [3.8, 4) is 5.75 Å². The van der Waals surface area contributed by atoms with E-state index in [9.17, 15) is 14.4 Å². The van der Waals surface area contributed by atoms with Gasteiger partial charge in [0.15, 0.2) is 6.29 Å². The number of rotatable bonds is 5. The van der Waals surface area contributed by atoms with Gasteiger partial charge in [0.05, 0.1) is 23.2 Å².